The maximum atomic E-state index is 11.7. The fourth-order valence-electron chi connectivity index (χ4n) is 1.46. The number of amides is 1. The first-order valence-corrected chi connectivity index (χ1v) is 4.92. The predicted octanol–water partition coefficient (Wildman–Crippen LogP) is -0.584. The summed E-state index contributed by atoms with van der Waals surface area (Å²) in [5.74, 6) is 0.214. The molecule has 0 spiro atoms. The Morgan fingerprint density at radius 1 is 1.46 bits per heavy atom. The van der Waals surface area contributed by atoms with Crippen molar-refractivity contribution in [2.75, 3.05) is 33.2 Å². The van der Waals surface area contributed by atoms with Gasteiger partial charge in [0.2, 0.25) is 5.91 Å². The van der Waals surface area contributed by atoms with Gasteiger partial charge in [-0.05, 0) is 26.9 Å². The minimum atomic E-state index is -0.0573. The highest BCUT2D eigenvalue weighted by Crippen LogP contribution is 1.98. The molecule has 0 radical (unpaired) electrons. The van der Waals surface area contributed by atoms with E-state index in [0.29, 0.717) is 0 Å². The van der Waals surface area contributed by atoms with Crippen molar-refractivity contribution in [3.8, 4) is 0 Å². The summed E-state index contributed by atoms with van der Waals surface area (Å²) >= 11 is 0. The molecule has 1 atom stereocenters. The maximum absolute atomic E-state index is 11.7. The van der Waals surface area contributed by atoms with E-state index >= 15 is 0 Å². The topological polar surface area (TPSA) is 44.4 Å². The summed E-state index contributed by atoms with van der Waals surface area (Å²) in [6, 6.07) is -0.0573. The molecule has 1 saturated heterocycles. The Labute approximate surface area is 79.7 Å². The van der Waals surface area contributed by atoms with E-state index in [0.717, 1.165) is 32.6 Å². The van der Waals surface area contributed by atoms with E-state index in [9.17, 15) is 4.79 Å². The molecule has 13 heavy (non-hydrogen) atoms. The van der Waals surface area contributed by atoms with Gasteiger partial charge in [-0.15, -0.1) is 0 Å². The van der Waals surface area contributed by atoms with E-state index in [1.807, 2.05) is 18.9 Å². The van der Waals surface area contributed by atoms with E-state index in [1.165, 1.54) is 0 Å². The molecule has 0 aliphatic carbocycles. The summed E-state index contributed by atoms with van der Waals surface area (Å²) in [6.45, 7) is 5.57. The van der Waals surface area contributed by atoms with Crippen molar-refractivity contribution >= 4 is 5.91 Å². The van der Waals surface area contributed by atoms with Gasteiger partial charge in [-0.1, -0.05) is 0 Å². The van der Waals surface area contributed by atoms with Crippen LogP contribution in [0.3, 0.4) is 0 Å². The molecule has 0 unspecified atom stereocenters. The molecule has 1 aliphatic heterocycles. The predicted molar refractivity (Wildman–Crippen MR) is 52.6 cm³/mol. The molecule has 1 fully saturated rings. The number of likely N-dealkylation sites (N-methyl/N-ethyl adjacent to an activating group) is 1. The van der Waals surface area contributed by atoms with Crippen molar-refractivity contribution < 1.29 is 4.79 Å². The lowest BCUT2D eigenvalue weighted by molar-refractivity contribution is -0.132. The van der Waals surface area contributed by atoms with Gasteiger partial charge in [0.1, 0.15) is 0 Å². The van der Waals surface area contributed by atoms with Crippen LogP contribution in [-0.2, 0) is 4.79 Å². The molecule has 76 valence electrons. The third-order valence-electron chi connectivity index (χ3n) is 2.46. The lowest BCUT2D eigenvalue weighted by atomic mass is 10.2. The Morgan fingerprint density at radius 3 is 2.92 bits per heavy atom. The van der Waals surface area contributed by atoms with Crippen LogP contribution >= 0.6 is 0 Å². The van der Waals surface area contributed by atoms with Crippen molar-refractivity contribution in [3.05, 3.63) is 0 Å². The molecule has 0 aromatic rings. The van der Waals surface area contributed by atoms with Gasteiger partial charge in [-0.25, -0.2) is 0 Å². The van der Waals surface area contributed by atoms with Gasteiger partial charge in [0.15, 0.2) is 0 Å². The molecular weight excluding hydrogens is 166 g/mol. The molecule has 0 aromatic carbocycles. The average molecular weight is 185 g/mol. The van der Waals surface area contributed by atoms with Crippen molar-refractivity contribution in [2.45, 2.75) is 19.4 Å². The number of carbonyl (C=O) groups excluding carboxylic acids is 1. The van der Waals surface area contributed by atoms with E-state index < -0.39 is 0 Å². The summed E-state index contributed by atoms with van der Waals surface area (Å²) in [5, 5.41) is 6.25. The van der Waals surface area contributed by atoms with Crippen LogP contribution in [-0.4, -0.2) is 50.1 Å². The number of hydrogen-bond donors (Lipinski definition) is 2. The van der Waals surface area contributed by atoms with Gasteiger partial charge in [-0.2, -0.15) is 0 Å². The number of hydrogen-bond acceptors (Lipinski definition) is 3. The first-order chi connectivity index (χ1) is 6.25. The van der Waals surface area contributed by atoms with Crippen molar-refractivity contribution in [1.82, 2.24) is 15.5 Å². The number of rotatable bonds is 2. The van der Waals surface area contributed by atoms with Gasteiger partial charge >= 0.3 is 0 Å². The molecule has 1 rings (SSSR count). The normalized spacial score (nSPS) is 20.9. The Balaban J connectivity index is 2.43. The zero-order chi connectivity index (χ0) is 9.68. The molecule has 1 amide bonds. The molecule has 4 heteroatoms. The summed E-state index contributed by atoms with van der Waals surface area (Å²) in [4.78, 5) is 13.6. The SMILES string of the molecule is CN[C@@H](C)C(=O)N1CCCNCC1. The molecule has 2 N–H and O–H groups in total. The standard InChI is InChI=1S/C9H19N3O/c1-8(10-2)9(13)12-6-3-4-11-5-7-12/h8,10-11H,3-7H2,1-2H3/t8-/m0/s1. The van der Waals surface area contributed by atoms with Crippen LogP contribution in [0.2, 0.25) is 0 Å². The van der Waals surface area contributed by atoms with Gasteiger partial charge < -0.3 is 15.5 Å². The summed E-state index contributed by atoms with van der Waals surface area (Å²) in [5.41, 5.74) is 0. The second-order valence-electron chi connectivity index (χ2n) is 3.44. The van der Waals surface area contributed by atoms with Crippen LogP contribution in [0.5, 0.6) is 0 Å². The molecule has 0 bridgehead atoms. The van der Waals surface area contributed by atoms with E-state index in [-0.39, 0.29) is 11.9 Å². The van der Waals surface area contributed by atoms with Crippen molar-refractivity contribution in [3.63, 3.8) is 0 Å². The van der Waals surface area contributed by atoms with Crippen LogP contribution in [0.1, 0.15) is 13.3 Å². The number of carbonyl (C=O) groups is 1. The molecular formula is C9H19N3O. The Bertz CT molecular complexity index is 164. The lowest BCUT2D eigenvalue weighted by Crippen LogP contribution is -2.44. The van der Waals surface area contributed by atoms with Gasteiger partial charge in [0.05, 0.1) is 6.04 Å². The highest BCUT2D eigenvalue weighted by molar-refractivity contribution is 5.81. The van der Waals surface area contributed by atoms with Crippen LogP contribution in [0, 0.1) is 0 Å². The highest BCUT2D eigenvalue weighted by Gasteiger charge is 2.19. The summed E-state index contributed by atoms with van der Waals surface area (Å²) in [6.07, 6.45) is 1.06. The summed E-state index contributed by atoms with van der Waals surface area (Å²) in [7, 11) is 1.82. The third kappa shape index (κ3) is 2.97. The third-order valence-corrected chi connectivity index (χ3v) is 2.46. The van der Waals surface area contributed by atoms with Gasteiger partial charge in [-0.3, -0.25) is 4.79 Å². The minimum absolute atomic E-state index is 0.0573. The van der Waals surface area contributed by atoms with E-state index in [4.69, 9.17) is 0 Å². The lowest BCUT2D eigenvalue weighted by Gasteiger charge is -2.23. The first-order valence-electron chi connectivity index (χ1n) is 4.92. The monoisotopic (exact) mass is 185 g/mol. The maximum Gasteiger partial charge on any atom is 0.239 e. The largest absolute Gasteiger partial charge is 0.340 e. The molecule has 4 nitrogen and oxygen atoms in total. The molecule has 0 saturated carbocycles. The Hall–Kier alpha value is -0.610. The summed E-state index contributed by atoms with van der Waals surface area (Å²) < 4.78 is 0. The fraction of sp³-hybridized carbons (Fsp3) is 0.889. The van der Waals surface area contributed by atoms with Gasteiger partial charge in [0, 0.05) is 19.6 Å². The van der Waals surface area contributed by atoms with Crippen LogP contribution in [0.4, 0.5) is 0 Å². The zero-order valence-electron chi connectivity index (χ0n) is 8.47. The Kier molecular flexibility index (Phi) is 4.18. The van der Waals surface area contributed by atoms with E-state index in [1.54, 1.807) is 0 Å². The number of nitrogens with one attached hydrogen (secondary N) is 2. The first kappa shape index (κ1) is 10.5. The second kappa shape index (κ2) is 5.19. The van der Waals surface area contributed by atoms with Crippen LogP contribution in [0.25, 0.3) is 0 Å². The minimum Gasteiger partial charge on any atom is -0.340 e. The zero-order valence-corrected chi connectivity index (χ0v) is 8.47. The average Bonchev–Trinajstić information content (AvgIpc) is 2.43. The fourth-order valence-corrected chi connectivity index (χ4v) is 1.46. The molecule has 0 aromatic heterocycles. The smallest absolute Gasteiger partial charge is 0.239 e. The van der Waals surface area contributed by atoms with Crippen LogP contribution < -0.4 is 10.6 Å². The van der Waals surface area contributed by atoms with Crippen molar-refractivity contribution in [2.24, 2.45) is 0 Å². The number of nitrogens with zero attached hydrogens (tertiary/aromatic N) is 1. The molecule has 1 aliphatic rings. The van der Waals surface area contributed by atoms with Gasteiger partial charge in [0.25, 0.3) is 0 Å². The quantitative estimate of drug-likeness (QED) is 0.605. The van der Waals surface area contributed by atoms with E-state index in [2.05, 4.69) is 10.6 Å². The van der Waals surface area contributed by atoms with Crippen LogP contribution in [0.15, 0.2) is 0 Å². The highest BCUT2D eigenvalue weighted by atomic mass is 16.2. The second-order valence-corrected chi connectivity index (χ2v) is 3.44. The van der Waals surface area contributed by atoms with Crippen molar-refractivity contribution in [1.29, 1.82) is 0 Å². The molecule has 1 heterocycles. The Morgan fingerprint density at radius 2 is 2.23 bits per heavy atom.